The van der Waals surface area contributed by atoms with Crippen LogP contribution in [0.5, 0.6) is 5.75 Å². The molecule has 1 aliphatic rings. The third-order valence-corrected chi connectivity index (χ3v) is 6.82. The van der Waals surface area contributed by atoms with Crippen molar-refractivity contribution in [3.63, 3.8) is 0 Å². The van der Waals surface area contributed by atoms with Crippen LogP contribution in [0.15, 0.2) is 87.7 Å². The highest BCUT2D eigenvalue weighted by Crippen LogP contribution is 2.34. The van der Waals surface area contributed by atoms with Gasteiger partial charge in [0, 0.05) is 13.0 Å². The van der Waals surface area contributed by atoms with Gasteiger partial charge in [-0.25, -0.2) is 5.01 Å². The molecule has 8 nitrogen and oxygen atoms in total. The van der Waals surface area contributed by atoms with E-state index in [1.165, 1.54) is 11.8 Å². The Balaban J connectivity index is 1.38. The number of benzene rings is 2. The number of rotatable bonds is 8. The van der Waals surface area contributed by atoms with Crippen LogP contribution in [0.2, 0.25) is 0 Å². The Morgan fingerprint density at radius 1 is 1.09 bits per heavy atom. The number of hydrogen-bond acceptors (Lipinski definition) is 7. The summed E-state index contributed by atoms with van der Waals surface area (Å²) in [6, 6.07) is 21.2. The normalized spacial score (nSPS) is 15.3. The SMILES string of the molecule is CCn1c(SCC(=O)N2N=C(c3ccccc3)C[C@H]2c2ccc(OC)cc2)nnc1-c1ccco1. The molecule has 35 heavy (non-hydrogen) atoms. The van der Waals surface area contributed by atoms with E-state index in [2.05, 4.69) is 10.2 Å². The van der Waals surface area contributed by atoms with Gasteiger partial charge in [-0.3, -0.25) is 9.36 Å². The van der Waals surface area contributed by atoms with Gasteiger partial charge in [0.25, 0.3) is 5.91 Å². The summed E-state index contributed by atoms with van der Waals surface area (Å²) in [6.07, 6.45) is 2.25. The molecule has 4 aromatic rings. The van der Waals surface area contributed by atoms with Crippen LogP contribution in [0.3, 0.4) is 0 Å². The standard InChI is InChI=1S/C26H25N5O3S/c1-3-30-25(23-10-7-15-34-23)27-28-26(30)35-17-24(32)31-22(19-11-13-20(33-2)14-12-19)16-21(29-31)18-8-5-4-6-9-18/h4-15,22H,3,16-17H2,1-2H3/t22-/m0/s1. The maximum atomic E-state index is 13.4. The number of hydrogen-bond donors (Lipinski definition) is 0. The molecule has 0 fully saturated rings. The van der Waals surface area contributed by atoms with Gasteiger partial charge >= 0.3 is 0 Å². The number of methoxy groups -OCH3 is 1. The molecular weight excluding hydrogens is 462 g/mol. The highest BCUT2D eigenvalue weighted by Gasteiger charge is 2.33. The number of thioether (sulfide) groups is 1. The van der Waals surface area contributed by atoms with Gasteiger partial charge in [-0.15, -0.1) is 10.2 Å². The van der Waals surface area contributed by atoms with E-state index < -0.39 is 0 Å². The number of carbonyl (C=O) groups is 1. The fourth-order valence-electron chi connectivity index (χ4n) is 4.09. The summed E-state index contributed by atoms with van der Waals surface area (Å²) in [7, 11) is 1.64. The van der Waals surface area contributed by atoms with Gasteiger partial charge in [0.1, 0.15) is 5.75 Å². The number of carbonyl (C=O) groups excluding carboxylic acids is 1. The van der Waals surface area contributed by atoms with Crippen molar-refractivity contribution in [2.75, 3.05) is 12.9 Å². The molecular formula is C26H25N5O3S. The van der Waals surface area contributed by atoms with Crippen molar-refractivity contribution in [1.29, 1.82) is 0 Å². The minimum absolute atomic E-state index is 0.0908. The molecule has 2 aromatic carbocycles. The number of aromatic nitrogens is 3. The fourth-order valence-corrected chi connectivity index (χ4v) is 4.95. The topological polar surface area (TPSA) is 85.8 Å². The second-order valence-electron chi connectivity index (χ2n) is 7.96. The van der Waals surface area contributed by atoms with Gasteiger partial charge < -0.3 is 9.15 Å². The van der Waals surface area contributed by atoms with Gasteiger partial charge in [-0.05, 0) is 42.3 Å². The number of nitrogens with zero attached hydrogens (tertiary/aromatic N) is 5. The molecule has 3 heterocycles. The average Bonchev–Trinajstić information content (AvgIpc) is 3.67. The van der Waals surface area contributed by atoms with Crippen molar-refractivity contribution in [2.45, 2.75) is 31.1 Å². The fraction of sp³-hybridized carbons (Fsp3) is 0.231. The Morgan fingerprint density at radius 2 is 1.89 bits per heavy atom. The first-order valence-electron chi connectivity index (χ1n) is 11.4. The predicted molar refractivity (Wildman–Crippen MR) is 134 cm³/mol. The van der Waals surface area contributed by atoms with Crippen LogP contribution in [0.4, 0.5) is 0 Å². The van der Waals surface area contributed by atoms with E-state index in [4.69, 9.17) is 14.3 Å². The van der Waals surface area contributed by atoms with Crippen LogP contribution in [-0.2, 0) is 11.3 Å². The van der Waals surface area contributed by atoms with Crippen LogP contribution in [-0.4, -0.2) is 44.3 Å². The molecule has 0 radical (unpaired) electrons. The highest BCUT2D eigenvalue weighted by atomic mass is 32.2. The molecule has 0 aliphatic carbocycles. The maximum absolute atomic E-state index is 13.4. The number of furan rings is 1. The lowest BCUT2D eigenvalue weighted by atomic mass is 9.98. The lowest BCUT2D eigenvalue weighted by Gasteiger charge is -2.22. The van der Waals surface area contributed by atoms with Crippen molar-refractivity contribution in [2.24, 2.45) is 5.10 Å². The smallest absolute Gasteiger partial charge is 0.253 e. The minimum atomic E-state index is -0.188. The van der Waals surface area contributed by atoms with Gasteiger partial charge in [0.05, 0.1) is 30.9 Å². The maximum Gasteiger partial charge on any atom is 0.253 e. The summed E-state index contributed by atoms with van der Waals surface area (Å²) in [5, 5.41) is 15.6. The van der Waals surface area contributed by atoms with Crippen LogP contribution < -0.4 is 4.74 Å². The van der Waals surface area contributed by atoms with Gasteiger partial charge in [0.2, 0.25) is 0 Å². The van der Waals surface area contributed by atoms with Crippen LogP contribution in [0.1, 0.15) is 30.5 Å². The first kappa shape index (κ1) is 22.9. The molecule has 0 bridgehead atoms. The van der Waals surface area contributed by atoms with Crippen LogP contribution in [0.25, 0.3) is 11.6 Å². The van der Waals surface area contributed by atoms with Crippen molar-refractivity contribution < 1.29 is 13.9 Å². The molecule has 5 rings (SSSR count). The summed E-state index contributed by atoms with van der Waals surface area (Å²) in [5.74, 6) is 2.17. The second kappa shape index (κ2) is 10.2. The molecule has 0 saturated carbocycles. The highest BCUT2D eigenvalue weighted by molar-refractivity contribution is 7.99. The van der Waals surface area contributed by atoms with E-state index in [9.17, 15) is 4.79 Å². The Kier molecular flexibility index (Phi) is 6.67. The van der Waals surface area contributed by atoms with E-state index in [0.717, 1.165) is 22.6 Å². The number of hydrazone groups is 1. The molecule has 0 N–H and O–H groups in total. The third-order valence-electron chi connectivity index (χ3n) is 5.87. The first-order valence-corrected chi connectivity index (χ1v) is 12.3. The van der Waals surface area contributed by atoms with E-state index in [1.807, 2.05) is 78.2 Å². The van der Waals surface area contributed by atoms with E-state index >= 15 is 0 Å². The first-order chi connectivity index (χ1) is 17.2. The predicted octanol–water partition coefficient (Wildman–Crippen LogP) is 5.04. The molecule has 9 heteroatoms. The largest absolute Gasteiger partial charge is 0.497 e. The lowest BCUT2D eigenvalue weighted by molar-refractivity contribution is -0.130. The summed E-state index contributed by atoms with van der Waals surface area (Å²) in [6.45, 7) is 2.67. The Hall–Kier alpha value is -3.85. The Bertz CT molecular complexity index is 1320. The molecule has 0 spiro atoms. The molecule has 1 aliphatic heterocycles. The lowest BCUT2D eigenvalue weighted by Crippen LogP contribution is -2.28. The molecule has 1 atom stereocenters. The summed E-state index contributed by atoms with van der Waals surface area (Å²) in [4.78, 5) is 13.4. The Labute approximate surface area is 207 Å². The second-order valence-corrected chi connectivity index (χ2v) is 8.90. The minimum Gasteiger partial charge on any atom is -0.497 e. The zero-order chi connectivity index (χ0) is 24.2. The van der Waals surface area contributed by atoms with E-state index in [0.29, 0.717) is 29.7 Å². The monoisotopic (exact) mass is 487 g/mol. The molecule has 178 valence electrons. The number of ether oxygens (including phenoxy) is 1. The zero-order valence-corrected chi connectivity index (χ0v) is 20.3. The zero-order valence-electron chi connectivity index (χ0n) is 19.5. The molecule has 0 unspecified atom stereocenters. The molecule has 0 saturated heterocycles. The van der Waals surface area contributed by atoms with Crippen molar-refractivity contribution >= 4 is 23.4 Å². The van der Waals surface area contributed by atoms with Gasteiger partial charge in [0.15, 0.2) is 16.7 Å². The number of amides is 1. The quantitative estimate of drug-likeness (QED) is 0.324. The van der Waals surface area contributed by atoms with Gasteiger partial charge in [-0.1, -0.05) is 54.2 Å². The average molecular weight is 488 g/mol. The van der Waals surface area contributed by atoms with Crippen LogP contribution >= 0.6 is 11.8 Å². The third kappa shape index (κ3) is 4.72. The Morgan fingerprint density at radius 3 is 2.57 bits per heavy atom. The molecule has 2 aromatic heterocycles. The summed E-state index contributed by atoms with van der Waals surface area (Å²) < 4.78 is 12.7. The van der Waals surface area contributed by atoms with E-state index in [-0.39, 0.29) is 17.7 Å². The molecule has 1 amide bonds. The van der Waals surface area contributed by atoms with Crippen molar-refractivity contribution in [3.05, 3.63) is 84.1 Å². The summed E-state index contributed by atoms with van der Waals surface area (Å²) in [5.41, 5.74) is 2.92. The van der Waals surface area contributed by atoms with Crippen LogP contribution in [0, 0.1) is 0 Å². The van der Waals surface area contributed by atoms with Gasteiger partial charge in [-0.2, -0.15) is 5.10 Å². The van der Waals surface area contributed by atoms with E-state index in [1.54, 1.807) is 18.4 Å². The van der Waals surface area contributed by atoms with Crippen molar-refractivity contribution in [3.8, 4) is 17.3 Å². The van der Waals surface area contributed by atoms with Crippen molar-refractivity contribution in [1.82, 2.24) is 19.8 Å². The summed E-state index contributed by atoms with van der Waals surface area (Å²) >= 11 is 1.35.